The summed E-state index contributed by atoms with van der Waals surface area (Å²) in [4.78, 5) is 12.5. The molecule has 1 fully saturated rings. The normalized spacial score (nSPS) is 17.0. The lowest BCUT2D eigenvalue weighted by atomic mass is 10.2. The van der Waals surface area contributed by atoms with Gasteiger partial charge in [-0.05, 0) is 44.0 Å². The van der Waals surface area contributed by atoms with E-state index in [1.165, 1.54) is 19.2 Å². The van der Waals surface area contributed by atoms with Gasteiger partial charge >= 0.3 is 0 Å². The van der Waals surface area contributed by atoms with Gasteiger partial charge in [0.25, 0.3) is 0 Å². The zero-order valence-corrected chi connectivity index (χ0v) is 16.6. The van der Waals surface area contributed by atoms with Gasteiger partial charge in [0.1, 0.15) is 11.5 Å². The van der Waals surface area contributed by atoms with Crippen molar-refractivity contribution in [3.8, 4) is 5.75 Å². The Balaban J connectivity index is 1.79. The number of anilines is 1. The van der Waals surface area contributed by atoms with Crippen LogP contribution in [0.3, 0.4) is 0 Å². The molecular weight excluding hydrogens is 386 g/mol. The van der Waals surface area contributed by atoms with Gasteiger partial charge in [-0.2, -0.15) is 4.31 Å². The van der Waals surface area contributed by atoms with Crippen LogP contribution in [0, 0.1) is 6.92 Å². The molecule has 1 aliphatic heterocycles. The van der Waals surface area contributed by atoms with Crippen LogP contribution < -0.4 is 10.1 Å². The highest BCUT2D eigenvalue weighted by Crippen LogP contribution is 2.22. The van der Waals surface area contributed by atoms with Crippen LogP contribution in [-0.4, -0.2) is 56.7 Å². The monoisotopic (exact) mass is 409 g/mol. The smallest absolute Gasteiger partial charge is 0.243 e. The number of benzene rings is 1. The number of amides is 1. The third-order valence-electron chi connectivity index (χ3n) is 4.34. The fraction of sp³-hybridized carbons (Fsp3) is 0.444. The second-order valence-corrected chi connectivity index (χ2v) is 8.42. The zero-order chi connectivity index (χ0) is 20.1. The molecule has 1 atom stereocenters. The highest BCUT2D eigenvalue weighted by atomic mass is 32.2. The summed E-state index contributed by atoms with van der Waals surface area (Å²) in [5.74, 6) is 0.811. The fourth-order valence-electron chi connectivity index (χ4n) is 2.93. The summed E-state index contributed by atoms with van der Waals surface area (Å²) >= 11 is 0. The first-order chi connectivity index (χ1) is 13.4. The minimum absolute atomic E-state index is 0.0800. The van der Waals surface area contributed by atoms with Crippen LogP contribution in [0.1, 0.15) is 18.6 Å². The molecule has 0 bridgehead atoms. The number of aryl methyl sites for hydroxylation is 1. The first-order valence-electron chi connectivity index (χ1n) is 8.87. The van der Waals surface area contributed by atoms with Gasteiger partial charge in [-0.25, -0.2) is 8.42 Å². The second-order valence-electron chi connectivity index (χ2n) is 6.48. The molecule has 1 aromatic heterocycles. The third-order valence-corrected chi connectivity index (χ3v) is 6.17. The van der Waals surface area contributed by atoms with Gasteiger partial charge < -0.3 is 19.3 Å². The van der Waals surface area contributed by atoms with Crippen molar-refractivity contribution in [2.75, 3.05) is 32.1 Å². The van der Waals surface area contributed by atoms with E-state index in [0.717, 1.165) is 17.1 Å². The lowest BCUT2D eigenvalue weighted by Gasteiger charge is -2.24. The minimum Gasteiger partial charge on any atom is -0.497 e. The van der Waals surface area contributed by atoms with Crippen LogP contribution in [0.4, 0.5) is 5.82 Å². The second kappa shape index (κ2) is 8.72. The molecule has 1 aromatic carbocycles. The lowest BCUT2D eigenvalue weighted by Crippen LogP contribution is -2.42. The van der Waals surface area contributed by atoms with Gasteiger partial charge in [-0.3, -0.25) is 4.79 Å². The zero-order valence-electron chi connectivity index (χ0n) is 15.8. The molecule has 3 rings (SSSR count). The number of nitrogens with zero attached hydrogens (tertiary/aromatic N) is 2. The molecule has 0 saturated carbocycles. The first-order valence-corrected chi connectivity index (χ1v) is 10.3. The van der Waals surface area contributed by atoms with Crippen molar-refractivity contribution in [3.63, 3.8) is 0 Å². The van der Waals surface area contributed by atoms with Gasteiger partial charge in [0.05, 0.1) is 24.7 Å². The van der Waals surface area contributed by atoms with E-state index in [1.807, 2.05) is 0 Å². The van der Waals surface area contributed by atoms with Crippen molar-refractivity contribution in [2.24, 2.45) is 0 Å². The Morgan fingerprint density at radius 1 is 1.36 bits per heavy atom. The van der Waals surface area contributed by atoms with E-state index in [1.54, 1.807) is 25.1 Å². The van der Waals surface area contributed by atoms with Gasteiger partial charge in [-0.15, -0.1) is 0 Å². The van der Waals surface area contributed by atoms with Crippen molar-refractivity contribution >= 4 is 21.7 Å². The number of rotatable bonds is 8. The molecule has 0 aliphatic carbocycles. The Morgan fingerprint density at radius 3 is 2.68 bits per heavy atom. The Bertz CT molecular complexity index is 904. The highest BCUT2D eigenvalue weighted by Gasteiger charge is 2.31. The first kappa shape index (κ1) is 20.3. The topological polar surface area (TPSA) is 111 Å². The number of sulfonamides is 1. The molecule has 0 radical (unpaired) electrons. The summed E-state index contributed by atoms with van der Waals surface area (Å²) in [6.07, 6.45) is 1.37. The number of aromatic nitrogens is 1. The van der Waals surface area contributed by atoms with E-state index in [-0.39, 0.29) is 29.9 Å². The molecule has 28 heavy (non-hydrogen) atoms. The van der Waals surface area contributed by atoms with Gasteiger partial charge in [0, 0.05) is 19.2 Å². The van der Waals surface area contributed by atoms with Gasteiger partial charge in [-0.1, -0.05) is 5.16 Å². The van der Waals surface area contributed by atoms with E-state index in [2.05, 4.69) is 10.5 Å². The summed E-state index contributed by atoms with van der Waals surface area (Å²) in [6.45, 7) is 2.02. The molecule has 1 unspecified atom stereocenters. The summed E-state index contributed by atoms with van der Waals surface area (Å²) in [7, 11) is -2.40. The SMILES string of the molecule is COc1ccc(S(=O)(=O)N(CC(=O)Nc2cc(C)on2)CC2CCCO2)cc1. The molecule has 152 valence electrons. The van der Waals surface area contributed by atoms with Crippen LogP contribution >= 0.6 is 0 Å². The Kier molecular flexibility index (Phi) is 6.32. The largest absolute Gasteiger partial charge is 0.497 e. The van der Waals surface area contributed by atoms with E-state index in [0.29, 0.717) is 18.1 Å². The van der Waals surface area contributed by atoms with E-state index in [4.69, 9.17) is 14.0 Å². The standard InChI is InChI=1S/C18H23N3O6S/c1-13-10-17(20-27-13)19-18(22)12-21(11-15-4-3-9-26-15)28(23,24)16-7-5-14(25-2)6-8-16/h5-8,10,15H,3-4,9,11-12H2,1-2H3,(H,19,20,22). The maximum Gasteiger partial charge on any atom is 0.243 e. The molecule has 1 saturated heterocycles. The van der Waals surface area contributed by atoms with Crippen molar-refractivity contribution in [3.05, 3.63) is 36.1 Å². The average Bonchev–Trinajstić information content (AvgIpc) is 3.33. The molecule has 1 amide bonds. The average molecular weight is 409 g/mol. The van der Waals surface area contributed by atoms with Crippen LogP contribution in [0.2, 0.25) is 0 Å². The van der Waals surface area contributed by atoms with Gasteiger partial charge in [0.15, 0.2) is 5.82 Å². The fourth-order valence-corrected chi connectivity index (χ4v) is 4.36. The third kappa shape index (κ3) is 4.89. The van der Waals surface area contributed by atoms with E-state index < -0.39 is 15.9 Å². The van der Waals surface area contributed by atoms with Crippen molar-refractivity contribution in [2.45, 2.75) is 30.8 Å². The molecular formula is C18H23N3O6S. The van der Waals surface area contributed by atoms with Crippen molar-refractivity contribution in [1.82, 2.24) is 9.46 Å². The molecule has 2 heterocycles. The predicted molar refractivity (Wildman–Crippen MR) is 101 cm³/mol. The number of methoxy groups -OCH3 is 1. The highest BCUT2D eigenvalue weighted by molar-refractivity contribution is 7.89. The number of carbonyl (C=O) groups is 1. The number of hydrogen-bond donors (Lipinski definition) is 1. The maximum atomic E-state index is 13.1. The molecule has 10 heteroatoms. The number of hydrogen-bond acceptors (Lipinski definition) is 7. The maximum absolute atomic E-state index is 13.1. The molecule has 0 spiro atoms. The summed E-state index contributed by atoms with van der Waals surface area (Å²) < 4.78 is 42.9. The van der Waals surface area contributed by atoms with E-state index in [9.17, 15) is 13.2 Å². The molecule has 1 N–H and O–H groups in total. The lowest BCUT2D eigenvalue weighted by molar-refractivity contribution is -0.116. The van der Waals surface area contributed by atoms with Crippen molar-refractivity contribution < 1.29 is 27.2 Å². The van der Waals surface area contributed by atoms with Crippen LogP contribution in [0.25, 0.3) is 0 Å². The predicted octanol–water partition coefficient (Wildman–Crippen LogP) is 1.80. The summed E-state index contributed by atoms with van der Waals surface area (Å²) in [6, 6.07) is 7.59. The van der Waals surface area contributed by atoms with Crippen LogP contribution in [-0.2, 0) is 19.6 Å². The Hall–Kier alpha value is -2.43. The number of nitrogens with one attached hydrogen (secondary N) is 1. The Labute approximate surface area is 163 Å². The Morgan fingerprint density at radius 2 is 2.11 bits per heavy atom. The molecule has 2 aromatic rings. The summed E-state index contributed by atoms with van der Waals surface area (Å²) in [5.41, 5.74) is 0. The molecule has 1 aliphatic rings. The van der Waals surface area contributed by atoms with E-state index >= 15 is 0 Å². The van der Waals surface area contributed by atoms with Gasteiger partial charge in [0.2, 0.25) is 15.9 Å². The summed E-state index contributed by atoms with van der Waals surface area (Å²) in [5, 5.41) is 6.24. The number of carbonyl (C=O) groups excluding carboxylic acids is 1. The quantitative estimate of drug-likeness (QED) is 0.708. The number of ether oxygens (including phenoxy) is 2. The van der Waals surface area contributed by atoms with Crippen LogP contribution in [0.15, 0.2) is 39.8 Å². The minimum atomic E-state index is -3.90. The van der Waals surface area contributed by atoms with Crippen molar-refractivity contribution in [1.29, 1.82) is 0 Å². The molecule has 9 nitrogen and oxygen atoms in total. The van der Waals surface area contributed by atoms with Crippen LogP contribution in [0.5, 0.6) is 5.75 Å².